The quantitative estimate of drug-likeness (QED) is 0.477. The van der Waals surface area contributed by atoms with Gasteiger partial charge in [0.15, 0.2) is 0 Å². The van der Waals surface area contributed by atoms with Crippen molar-refractivity contribution in [2.45, 2.75) is 6.42 Å². The van der Waals surface area contributed by atoms with Gasteiger partial charge < -0.3 is 4.79 Å². The standard InChI is InChI=1S/C8H7O.BF3.K/c9-7-6-8-4-2-1-3-5-8;2-1(3)4;/h1-5H,6H2;;/q-1;;+1. The third-order valence-electron chi connectivity index (χ3n) is 1.12. The van der Waals surface area contributed by atoms with E-state index in [0.717, 1.165) is 5.56 Å². The molecule has 0 aliphatic rings. The minimum Gasteiger partial charge on any atom is -0.541 e. The normalized spacial score (nSPS) is 7.64. The number of halogens is 3. The molecule has 14 heavy (non-hydrogen) atoms. The number of carbonyl (C=O) groups excluding carboxylic acids is 1. The summed E-state index contributed by atoms with van der Waals surface area (Å²) in [5.74, 6) is 0. The number of hydrogen-bond acceptors (Lipinski definition) is 1. The summed E-state index contributed by atoms with van der Waals surface area (Å²) in [5.41, 5.74) is 1.02. The van der Waals surface area contributed by atoms with Crippen LogP contribution in [0.3, 0.4) is 0 Å². The summed E-state index contributed by atoms with van der Waals surface area (Å²) < 4.78 is 29.0. The van der Waals surface area contributed by atoms with E-state index in [9.17, 15) is 17.7 Å². The van der Waals surface area contributed by atoms with E-state index in [1.165, 1.54) is 0 Å². The van der Waals surface area contributed by atoms with Crippen LogP contribution in [-0.4, -0.2) is 13.8 Å². The molecule has 0 amide bonds. The van der Waals surface area contributed by atoms with E-state index in [1.807, 2.05) is 36.6 Å². The largest absolute Gasteiger partial charge is 1.00 e. The van der Waals surface area contributed by atoms with E-state index in [0.29, 0.717) is 6.42 Å². The number of rotatable bonds is 2. The van der Waals surface area contributed by atoms with Gasteiger partial charge in [0.2, 0.25) is 0 Å². The van der Waals surface area contributed by atoms with Gasteiger partial charge in [-0.1, -0.05) is 35.9 Å². The van der Waals surface area contributed by atoms with E-state index in [1.54, 1.807) is 0 Å². The molecule has 1 aromatic rings. The molecule has 0 N–H and O–H groups in total. The summed E-state index contributed by atoms with van der Waals surface area (Å²) in [6.07, 6.45) is 2.24. The van der Waals surface area contributed by atoms with Gasteiger partial charge in [0.1, 0.15) is 0 Å². The maximum atomic E-state index is 9.85. The van der Waals surface area contributed by atoms with Gasteiger partial charge in [-0.15, -0.1) is 6.42 Å². The summed E-state index contributed by atoms with van der Waals surface area (Å²) >= 11 is 0. The van der Waals surface area contributed by atoms with E-state index in [4.69, 9.17) is 0 Å². The Labute approximate surface area is 124 Å². The van der Waals surface area contributed by atoms with Gasteiger partial charge in [0.25, 0.3) is 0 Å². The molecule has 0 radical (unpaired) electrons. The molecule has 0 heterocycles. The molecule has 1 nitrogen and oxygen atoms in total. The SMILES string of the molecule is FB(F)F.O=[C-]Cc1ccccc1.[K+]. The maximum absolute atomic E-state index is 9.85. The second-order valence-corrected chi connectivity index (χ2v) is 2.05. The summed E-state index contributed by atoms with van der Waals surface area (Å²) in [4.78, 5) is 9.85. The second-order valence-electron chi connectivity index (χ2n) is 2.05. The zero-order valence-electron chi connectivity index (χ0n) is 7.71. The molecule has 70 valence electrons. The Bertz CT molecular complexity index is 231. The molecule has 0 spiro atoms. The smallest absolute Gasteiger partial charge is 0.541 e. The average molecular weight is 226 g/mol. The topological polar surface area (TPSA) is 17.1 Å². The van der Waals surface area contributed by atoms with Crippen molar-refractivity contribution in [3.05, 3.63) is 35.9 Å². The van der Waals surface area contributed by atoms with Crippen LogP contribution in [-0.2, 0) is 11.2 Å². The zero-order valence-corrected chi connectivity index (χ0v) is 10.8. The summed E-state index contributed by atoms with van der Waals surface area (Å²) in [6.45, 7) is 0. The van der Waals surface area contributed by atoms with Gasteiger partial charge in [0.05, 0.1) is 0 Å². The van der Waals surface area contributed by atoms with Crippen LogP contribution in [0.15, 0.2) is 30.3 Å². The van der Waals surface area contributed by atoms with Crippen molar-refractivity contribution in [2.24, 2.45) is 0 Å². The molecule has 0 aromatic heterocycles. The van der Waals surface area contributed by atoms with Crippen molar-refractivity contribution >= 4 is 13.8 Å². The van der Waals surface area contributed by atoms with Crippen LogP contribution in [0.25, 0.3) is 0 Å². The van der Waals surface area contributed by atoms with Crippen LogP contribution in [0.5, 0.6) is 0 Å². The fraction of sp³-hybridized carbons (Fsp3) is 0.125. The predicted molar refractivity (Wildman–Crippen MR) is 44.9 cm³/mol. The Kier molecular flexibility index (Phi) is 13.7. The fourth-order valence-corrected chi connectivity index (χ4v) is 0.679. The molecule has 0 saturated carbocycles. The minimum absolute atomic E-state index is 0. The van der Waals surface area contributed by atoms with Crippen molar-refractivity contribution in [1.29, 1.82) is 0 Å². The van der Waals surface area contributed by atoms with Crippen LogP contribution < -0.4 is 51.4 Å². The van der Waals surface area contributed by atoms with Gasteiger partial charge in [-0.05, 0) is 0 Å². The monoisotopic (exact) mass is 226 g/mol. The van der Waals surface area contributed by atoms with Crippen LogP contribution in [0.2, 0.25) is 0 Å². The Balaban J connectivity index is 0. The maximum Gasteiger partial charge on any atom is 1.00 e. The van der Waals surface area contributed by atoms with Crippen LogP contribution in [0, 0.1) is 0 Å². The van der Waals surface area contributed by atoms with Crippen LogP contribution >= 0.6 is 0 Å². The van der Waals surface area contributed by atoms with Gasteiger partial charge in [0, 0.05) is 0 Å². The summed E-state index contributed by atoms with van der Waals surface area (Å²) in [6, 6.07) is 9.56. The first-order valence-corrected chi connectivity index (χ1v) is 3.48. The average Bonchev–Trinajstić information content (AvgIpc) is 2.06. The Morgan fingerprint density at radius 3 is 1.93 bits per heavy atom. The van der Waals surface area contributed by atoms with E-state index in [2.05, 4.69) is 0 Å². The molecule has 1 rings (SSSR count). The Morgan fingerprint density at radius 1 is 1.14 bits per heavy atom. The fourth-order valence-electron chi connectivity index (χ4n) is 0.679. The summed E-state index contributed by atoms with van der Waals surface area (Å²) in [5, 5.41) is 0. The molecule has 0 unspecified atom stereocenters. The van der Waals surface area contributed by atoms with Crippen molar-refractivity contribution < 1.29 is 69.1 Å². The van der Waals surface area contributed by atoms with Gasteiger partial charge in [-0.2, -0.15) is 0 Å². The first-order chi connectivity index (χ1) is 6.16. The molecular weight excluding hydrogens is 219 g/mol. The molecule has 0 bridgehead atoms. The van der Waals surface area contributed by atoms with E-state index >= 15 is 0 Å². The third-order valence-corrected chi connectivity index (χ3v) is 1.12. The first kappa shape index (κ1) is 16.8. The molecule has 0 aliphatic carbocycles. The first-order valence-electron chi connectivity index (χ1n) is 3.48. The molecule has 0 atom stereocenters. The van der Waals surface area contributed by atoms with Gasteiger partial charge in [-0.3, -0.25) is 19.2 Å². The van der Waals surface area contributed by atoms with Crippen LogP contribution in [0.1, 0.15) is 5.56 Å². The molecule has 0 fully saturated rings. The zero-order chi connectivity index (χ0) is 10.1. The van der Waals surface area contributed by atoms with Gasteiger partial charge >= 0.3 is 58.9 Å². The molecular formula is C8H7BF3KO. The Hall–Kier alpha value is 0.381. The second kappa shape index (κ2) is 11.5. The van der Waals surface area contributed by atoms with Crippen molar-refractivity contribution in [3.8, 4) is 0 Å². The minimum atomic E-state index is -3.67. The van der Waals surface area contributed by atoms with E-state index < -0.39 is 7.54 Å². The number of hydrogen-bond donors (Lipinski definition) is 0. The van der Waals surface area contributed by atoms with Crippen molar-refractivity contribution in [1.82, 2.24) is 0 Å². The third kappa shape index (κ3) is 12.4. The summed E-state index contributed by atoms with van der Waals surface area (Å²) in [7, 11) is -3.67. The molecule has 1 aromatic carbocycles. The molecule has 0 saturated heterocycles. The van der Waals surface area contributed by atoms with Crippen molar-refractivity contribution in [3.63, 3.8) is 0 Å². The van der Waals surface area contributed by atoms with Gasteiger partial charge in [-0.25, -0.2) is 0 Å². The van der Waals surface area contributed by atoms with Crippen LogP contribution in [0.4, 0.5) is 12.9 Å². The Morgan fingerprint density at radius 2 is 1.57 bits per heavy atom. The molecule has 6 heteroatoms. The van der Waals surface area contributed by atoms with Crippen molar-refractivity contribution in [2.75, 3.05) is 0 Å². The van der Waals surface area contributed by atoms with E-state index in [-0.39, 0.29) is 51.4 Å². The molecule has 0 aliphatic heterocycles. The number of benzene rings is 1. The predicted octanol–water partition coefficient (Wildman–Crippen LogP) is -0.777.